The summed E-state index contributed by atoms with van der Waals surface area (Å²) in [7, 11) is -3.62. The van der Waals surface area contributed by atoms with E-state index >= 15 is 4.39 Å². The summed E-state index contributed by atoms with van der Waals surface area (Å²) in [4.78, 5) is 8.15. The van der Waals surface area contributed by atoms with Crippen LogP contribution in [0.3, 0.4) is 0 Å². The van der Waals surface area contributed by atoms with Crippen LogP contribution in [-0.4, -0.2) is 58.6 Å². The molecule has 0 bridgehead atoms. The lowest BCUT2D eigenvalue weighted by Gasteiger charge is -2.26. The second-order valence-corrected chi connectivity index (χ2v) is 11.5. The largest absolute Gasteiger partial charge is 0.394 e. The van der Waals surface area contributed by atoms with E-state index in [9.17, 15) is 8.42 Å². The topological polar surface area (TPSA) is 101 Å². The molecule has 2 aromatic carbocycles. The minimum Gasteiger partial charge on any atom is -0.394 e. The van der Waals surface area contributed by atoms with Gasteiger partial charge >= 0.3 is 0 Å². The summed E-state index contributed by atoms with van der Waals surface area (Å²) in [6.07, 6.45) is 5.55. The van der Waals surface area contributed by atoms with E-state index < -0.39 is 15.4 Å². The molecule has 0 saturated carbocycles. The smallest absolute Gasteiger partial charge is 0.239 e. The lowest BCUT2D eigenvalue weighted by Crippen LogP contribution is -2.34. The molecule has 0 aliphatic rings. The first-order valence-electron chi connectivity index (χ1n) is 11.8. The summed E-state index contributed by atoms with van der Waals surface area (Å²) < 4.78 is 41.3. The van der Waals surface area contributed by atoms with E-state index in [1.165, 1.54) is 12.4 Å². The number of nitrogens with zero attached hydrogens (tertiary/aromatic N) is 5. The molecule has 198 valence electrons. The molecule has 0 atom stereocenters. The normalized spacial score (nSPS) is 11.8. The Kier molecular flexibility index (Phi) is 8.02. The fourth-order valence-electron chi connectivity index (χ4n) is 4.09. The monoisotopic (exact) mass is 555 g/mol. The molecule has 2 aromatic heterocycles. The first kappa shape index (κ1) is 27.5. The van der Waals surface area contributed by atoms with E-state index in [0.717, 1.165) is 32.6 Å². The number of halogens is 2. The average molecular weight is 556 g/mol. The highest BCUT2D eigenvalue weighted by Gasteiger charge is 2.25. The number of hydrogen-bond acceptors (Lipinski definition) is 6. The van der Waals surface area contributed by atoms with Crippen molar-refractivity contribution in [1.29, 1.82) is 0 Å². The lowest BCUT2D eigenvalue weighted by atomic mass is 9.77. The fourth-order valence-corrected chi connectivity index (χ4v) is 5.06. The van der Waals surface area contributed by atoms with Crippen molar-refractivity contribution in [2.45, 2.75) is 25.8 Å². The third-order valence-corrected chi connectivity index (χ3v) is 7.54. The molecular formula is C27H27ClFN5O3S. The Morgan fingerprint density at radius 1 is 1.05 bits per heavy atom. The number of alkyl halides is 1. The molecule has 0 radical (unpaired) electrons. The van der Waals surface area contributed by atoms with Crippen molar-refractivity contribution in [3.05, 3.63) is 83.1 Å². The van der Waals surface area contributed by atoms with Crippen LogP contribution in [0.5, 0.6) is 0 Å². The number of fused-ring (bicyclic) bond motifs is 1. The predicted molar refractivity (Wildman–Crippen MR) is 146 cm³/mol. The number of sulfonamides is 1. The van der Waals surface area contributed by atoms with Crippen LogP contribution < -0.4 is 4.31 Å². The average Bonchev–Trinajstić information content (AvgIpc) is 3.29. The van der Waals surface area contributed by atoms with Crippen LogP contribution in [0.25, 0.3) is 10.9 Å². The Hall–Kier alpha value is -3.52. The van der Waals surface area contributed by atoms with Crippen molar-refractivity contribution in [2.24, 2.45) is 0 Å². The van der Waals surface area contributed by atoms with E-state index in [0.29, 0.717) is 23.5 Å². The molecule has 8 nitrogen and oxygen atoms in total. The molecule has 0 fully saturated rings. The molecule has 0 aliphatic heterocycles. The Morgan fingerprint density at radius 2 is 1.71 bits per heavy atom. The minimum atomic E-state index is -3.62. The summed E-state index contributed by atoms with van der Waals surface area (Å²) in [5, 5.41) is 14.1. The lowest BCUT2D eigenvalue weighted by molar-refractivity contribution is 0.306. The molecule has 0 unspecified atom stereocenters. The van der Waals surface area contributed by atoms with Gasteiger partial charge in [-0.2, -0.15) is 5.10 Å². The minimum absolute atomic E-state index is 0.0281. The molecule has 0 amide bonds. The third-order valence-electron chi connectivity index (χ3n) is 6.23. The highest BCUT2D eigenvalue weighted by Crippen LogP contribution is 2.34. The zero-order chi connectivity index (χ0) is 27.5. The van der Waals surface area contributed by atoms with Crippen LogP contribution >= 0.6 is 11.6 Å². The van der Waals surface area contributed by atoms with Crippen LogP contribution in [0.1, 0.15) is 36.1 Å². The second kappa shape index (κ2) is 11.1. The van der Waals surface area contributed by atoms with E-state index in [1.54, 1.807) is 16.9 Å². The number of aliphatic hydroxyl groups is 1. The molecular weight excluding hydrogens is 529 g/mol. The Labute approximate surface area is 226 Å². The number of aromatic nitrogens is 4. The van der Waals surface area contributed by atoms with Crippen LogP contribution in [0.15, 0.2) is 55.0 Å². The van der Waals surface area contributed by atoms with Gasteiger partial charge in [-0.25, -0.2) is 27.1 Å². The number of anilines is 1. The first-order valence-corrected chi connectivity index (χ1v) is 14.2. The van der Waals surface area contributed by atoms with E-state index in [-0.39, 0.29) is 24.9 Å². The third kappa shape index (κ3) is 5.80. The van der Waals surface area contributed by atoms with Crippen molar-refractivity contribution in [3.8, 4) is 11.8 Å². The summed E-state index contributed by atoms with van der Waals surface area (Å²) >= 11 is 5.81. The van der Waals surface area contributed by atoms with Gasteiger partial charge in [0.05, 0.1) is 37.7 Å². The van der Waals surface area contributed by atoms with Gasteiger partial charge in [0.25, 0.3) is 0 Å². The maximum absolute atomic E-state index is 15.0. The van der Waals surface area contributed by atoms with Gasteiger partial charge in [-0.05, 0) is 35.4 Å². The zero-order valence-electron chi connectivity index (χ0n) is 21.2. The fraction of sp³-hybridized carbons (Fsp3) is 0.296. The van der Waals surface area contributed by atoms with Gasteiger partial charge in [-0.3, -0.25) is 4.68 Å². The van der Waals surface area contributed by atoms with E-state index in [4.69, 9.17) is 16.7 Å². The van der Waals surface area contributed by atoms with Crippen molar-refractivity contribution in [1.82, 2.24) is 19.7 Å². The summed E-state index contributed by atoms with van der Waals surface area (Å²) in [6.45, 7) is 4.02. The highest BCUT2D eigenvalue weighted by molar-refractivity contribution is 7.92. The van der Waals surface area contributed by atoms with Gasteiger partial charge in [-0.15, -0.1) is 11.6 Å². The van der Waals surface area contributed by atoms with Gasteiger partial charge in [0, 0.05) is 34.6 Å². The Balaban J connectivity index is 1.54. The molecule has 1 N–H and O–H groups in total. The predicted octanol–water partition coefficient (Wildman–Crippen LogP) is 3.69. The van der Waals surface area contributed by atoms with Gasteiger partial charge < -0.3 is 5.11 Å². The molecule has 2 heterocycles. The molecule has 38 heavy (non-hydrogen) atoms. The van der Waals surface area contributed by atoms with E-state index in [2.05, 4.69) is 26.9 Å². The number of hydrogen-bond donors (Lipinski definition) is 1. The molecule has 4 rings (SSSR count). The first-order chi connectivity index (χ1) is 18.0. The standard InChI is InChI=1S/C27H27ClFN5O3S/c1-27(2,23-14-21-18-32-33(11-10-28)25(21)24(29)15-23)22-8-6-19(7-9-22)4-5-20-16-30-26(31-17-20)34(12-13-35)38(3,36)37/h6-9,14-18,35H,10-13H2,1-3H3. The zero-order valence-corrected chi connectivity index (χ0v) is 22.8. The number of rotatable bonds is 8. The summed E-state index contributed by atoms with van der Waals surface area (Å²) in [6, 6.07) is 11.2. The molecule has 0 saturated heterocycles. The van der Waals surface area contributed by atoms with Crippen molar-refractivity contribution >= 4 is 38.5 Å². The van der Waals surface area contributed by atoms with Crippen molar-refractivity contribution < 1.29 is 17.9 Å². The van der Waals surface area contributed by atoms with Gasteiger partial charge in [0.2, 0.25) is 16.0 Å². The molecule has 4 aromatic rings. The Morgan fingerprint density at radius 3 is 2.32 bits per heavy atom. The van der Waals surface area contributed by atoms with Crippen LogP contribution in [-0.2, 0) is 22.0 Å². The number of benzene rings is 2. The second-order valence-electron chi connectivity index (χ2n) is 9.24. The van der Waals surface area contributed by atoms with Gasteiger partial charge in [-0.1, -0.05) is 37.8 Å². The van der Waals surface area contributed by atoms with Crippen LogP contribution in [0.4, 0.5) is 10.3 Å². The Bertz CT molecular complexity index is 1610. The number of aliphatic hydroxyl groups excluding tert-OH is 1. The van der Waals surface area contributed by atoms with Crippen molar-refractivity contribution in [2.75, 3.05) is 29.6 Å². The van der Waals surface area contributed by atoms with Crippen LogP contribution in [0.2, 0.25) is 0 Å². The summed E-state index contributed by atoms with van der Waals surface area (Å²) in [5.74, 6) is 6.00. The number of aryl methyl sites for hydroxylation is 1. The molecule has 0 spiro atoms. The van der Waals surface area contributed by atoms with Crippen LogP contribution in [0, 0.1) is 17.7 Å². The van der Waals surface area contributed by atoms with Gasteiger partial charge in [0.1, 0.15) is 11.3 Å². The maximum Gasteiger partial charge on any atom is 0.239 e. The molecule has 11 heteroatoms. The van der Waals surface area contributed by atoms with E-state index in [1.807, 2.05) is 44.2 Å². The molecule has 0 aliphatic carbocycles. The highest BCUT2D eigenvalue weighted by atomic mass is 35.5. The summed E-state index contributed by atoms with van der Waals surface area (Å²) in [5.41, 5.74) is 3.06. The quantitative estimate of drug-likeness (QED) is 0.263. The SMILES string of the molecule is CC(C)(c1ccc(C#Cc2cnc(N(CCO)S(C)(=O)=O)nc2)cc1)c1cc(F)c2c(cnn2CCCl)c1. The van der Waals surface area contributed by atoms with Crippen molar-refractivity contribution in [3.63, 3.8) is 0 Å². The van der Waals surface area contributed by atoms with Gasteiger partial charge in [0.15, 0.2) is 0 Å². The maximum atomic E-state index is 15.0.